The zero-order chi connectivity index (χ0) is 13.9. The van der Waals surface area contributed by atoms with Gasteiger partial charge < -0.3 is 9.55 Å². The van der Waals surface area contributed by atoms with Crippen LogP contribution in [0.15, 0.2) is 24.9 Å². The van der Waals surface area contributed by atoms with Crippen molar-refractivity contribution in [3.8, 4) is 11.5 Å². The molecular weight excluding hydrogens is 252 g/mol. The average molecular weight is 274 g/mol. The van der Waals surface area contributed by atoms with Crippen molar-refractivity contribution in [3.63, 3.8) is 0 Å². The summed E-state index contributed by atoms with van der Waals surface area (Å²) in [6, 6.07) is 1.08. The molecule has 3 N–H and O–H groups in total. The van der Waals surface area contributed by atoms with Crippen molar-refractivity contribution in [2.75, 3.05) is 0 Å². The van der Waals surface area contributed by atoms with Crippen molar-refractivity contribution < 1.29 is 0 Å². The van der Waals surface area contributed by atoms with Crippen LogP contribution in [-0.4, -0.2) is 31.6 Å². The van der Waals surface area contributed by atoms with Gasteiger partial charge in [0.05, 0.1) is 12.5 Å². The molecule has 3 rings (SSSR count). The van der Waals surface area contributed by atoms with Crippen LogP contribution in [0, 0.1) is 5.92 Å². The number of imidazole rings is 2. The molecule has 3 heterocycles. The minimum absolute atomic E-state index is 0.542. The molecule has 1 fully saturated rings. The minimum atomic E-state index is 0.542. The van der Waals surface area contributed by atoms with Crippen molar-refractivity contribution in [3.05, 3.63) is 24.9 Å². The monoisotopic (exact) mass is 274 g/mol. The van der Waals surface area contributed by atoms with E-state index in [1.807, 2.05) is 18.6 Å². The van der Waals surface area contributed by atoms with Crippen LogP contribution in [-0.2, 0) is 6.54 Å². The van der Waals surface area contributed by atoms with Gasteiger partial charge in [0.15, 0.2) is 5.82 Å². The Balaban J connectivity index is 1.58. The lowest BCUT2D eigenvalue weighted by Crippen LogP contribution is -2.30. The lowest BCUT2D eigenvalue weighted by atomic mass is 9.92. The van der Waals surface area contributed by atoms with Crippen molar-refractivity contribution in [1.82, 2.24) is 30.4 Å². The molecule has 6 nitrogen and oxygen atoms in total. The first-order valence-corrected chi connectivity index (χ1v) is 7.26. The highest BCUT2D eigenvalue weighted by molar-refractivity contribution is 5.47. The molecule has 0 saturated carbocycles. The molecule has 0 amide bonds. The molecule has 20 heavy (non-hydrogen) atoms. The standard InChI is InChI=1S/C14H22N6/c1-10-12(11(2)19-18-10)4-3-6-20-7-5-16-14(20)13-8-15-9-17-13/h5,7-12,18-19H,3-4,6H2,1-2H3,(H,15,17). The summed E-state index contributed by atoms with van der Waals surface area (Å²) in [7, 11) is 0. The fraction of sp³-hybridized carbons (Fsp3) is 0.571. The fourth-order valence-corrected chi connectivity index (χ4v) is 3.02. The predicted molar refractivity (Wildman–Crippen MR) is 77.7 cm³/mol. The van der Waals surface area contributed by atoms with E-state index in [0.29, 0.717) is 18.0 Å². The summed E-state index contributed by atoms with van der Waals surface area (Å²) < 4.78 is 2.19. The van der Waals surface area contributed by atoms with E-state index in [1.165, 1.54) is 6.42 Å². The number of hydrazine groups is 1. The van der Waals surface area contributed by atoms with Gasteiger partial charge in [-0.25, -0.2) is 9.97 Å². The molecule has 1 aliphatic heterocycles. The zero-order valence-electron chi connectivity index (χ0n) is 12.0. The van der Waals surface area contributed by atoms with E-state index in [-0.39, 0.29) is 0 Å². The molecule has 2 aromatic heterocycles. The Labute approximate surface area is 119 Å². The molecule has 0 radical (unpaired) electrons. The number of hydrogen-bond donors (Lipinski definition) is 3. The molecule has 108 valence electrons. The van der Waals surface area contributed by atoms with E-state index >= 15 is 0 Å². The van der Waals surface area contributed by atoms with E-state index in [4.69, 9.17) is 0 Å². The van der Waals surface area contributed by atoms with Gasteiger partial charge >= 0.3 is 0 Å². The normalized spacial score (nSPS) is 26.2. The zero-order valence-corrected chi connectivity index (χ0v) is 12.0. The number of H-pyrrole nitrogens is 1. The molecule has 0 bridgehead atoms. The molecule has 2 atom stereocenters. The quantitative estimate of drug-likeness (QED) is 0.774. The van der Waals surface area contributed by atoms with E-state index in [9.17, 15) is 0 Å². The van der Waals surface area contributed by atoms with Crippen LogP contribution in [0.4, 0.5) is 0 Å². The number of rotatable bonds is 5. The van der Waals surface area contributed by atoms with Gasteiger partial charge in [0, 0.05) is 31.0 Å². The summed E-state index contributed by atoms with van der Waals surface area (Å²) in [4.78, 5) is 11.6. The molecule has 6 heteroatoms. The number of aromatic amines is 1. The molecule has 1 aliphatic rings. The van der Waals surface area contributed by atoms with Gasteiger partial charge in [-0.05, 0) is 32.6 Å². The molecule has 0 aromatic carbocycles. The predicted octanol–water partition coefficient (Wildman–Crippen LogP) is 1.55. The number of aromatic nitrogens is 4. The average Bonchev–Trinajstić information content (AvgIpc) is 3.14. The van der Waals surface area contributed by atoms with Crippen LogP contribution in [0.5, 0.6) is 0 Å². The summed E-state index contributed by atoms with van der Waals surface area (Å²) in [5, 5.41) is 0. The Morgan fingerprint density at radius 2 is 2.05 bits per heavy atom. The van der Waals surface area contributed by atoms with Crippen LogP contribution >= 0.6 is 0 Å². The third kappa shape index (κ3) is 2.62. The van der Waals surface area contributed by atoms with Crippen molar-refractivity contribution in [1.29, 1.82) is 0 Å². The molecule has 2 unspecified atom stereocenters. The summed E-state index contributed by atoms with van der Waals surface area (Å²) >= 11 is 0. The van der Waals surface area contributed by atoms with Crippen molar-refractivity contribution in [2.24, 2.45) is 5.92 Å². The second kappa shape index (κ2) is 5.76. The second-order valence-corrected chi connectivity index (χ2v) is 5.58. The number of nitrogens with one attached hydrogen (secondary N) is 3. The highest BCUT2D eigenvalue weighted by Gasteiger charge is 2.28. The number of nitrogens with zero attached hydrogens (tertiary/aromatic N) is 3. The minimum Gasteiger partial charge on any atom is -0.342 e. The van der Waals surface area contributed by atoms with Gasteiger partial charge in [0.25, 0.3) is 0 Å². The van der Waals surface area contributed by atoms with Gasteiger partial charge in [-0.3, -0.25) is 10.9 Å². The number of aryl methyl sites for hydroxylation is 1. The number of hydrogen-bond acceptors (Lipinski definition) is 4. The molecule has 0 aliphatic carbocycles. The topological polar surface area (TPSA) is 70.6 Å². The van der Waals surface area contributed by atoms with Gasteiger partial charge in [0.2, 0.25) is 0 Å². The van der Waals surface area contributed by atoms with Crippen LogP contribution in [0.1, 0.15) is 26.7 Å². The van der Waals surface area contributed by atoms with Gasteiger partial charge in [-0.2, -0.15) is 0 Å². The molecule has 2 aromatic rings. The lowest BCUT2D eigenvalue weighted by Gasteiger charge is -2.17. The van der Waals surface area contributed by atoms with Crippen molar-refractivity contribution >= 4 is 0 Å². The van der Waals surface area contributed by atoms with E-state index in [2.05, 4.69) is 44.2 Å². The van der Waals surface area contributed by atoms with E-state index < -0.39 is 0 Å². The van der Waals surface area contributed by atoms with Crippen LogP contribution in [0.25, 0.3) is 11.5 Å². The van der Waals surface area contributed by atoms with Crippen molar-refractivity contribution in [2.45, 2.75) is 45.3 Å². The maximum Gasteiger partial charge on any atom is 0.158 e. The highest BCUT2D eigenvalue weighted by Crippen LogP contribution is 2.21. The summed E-state index contributed by atoms with van der Waals surface area (Å²) in [5.74, 6) is 1.65. The third-order valence-corrected chi connectivity index (χ3v) is 4.21. The fourth-order valence-electron chi connectivity index (χ4n) is 3.02. The Kier molecular flexibility index (Phi) is 3.84. The maximum absolute atomic E-state index is 4.41. The Hall–Kier alpha value is -1.66. The Morgan fingerprint density at radius 3 is 2.75 bits per heavy atom. The van der Waals surface area contributed by atoms with Crippen LogP contribution < -0.4 is 10.9 Å². The van der Waals surface area contributed by atoms with E-state index in [0.717, 1.165) is 24.5 Å². The first-order chi connectivity index (χ1) is 9.75. The molecular formula is C14H22N6. The van der Waals surface area contributed by atoms with Gasteiger partial charge in [-0.15, -0.1) is 0 Å². The molecule has 0 spiro atoms. The SMILES string of the molecule is CC1NNC(C)C1CCCn1ccnc1-c1cnc[nH]1. The summed E-state index contributed by atoms with van der Waals surface area (Å²) in [6.45, 7) is 5.48. The van der Waals surface area contributed by atoms with Crippen LogP contribution in [0.3, 0.4) is 0 Å². The Morgan fingerprint density at radius 1 is 1.25 bits per heavy atom. The lowest BCUT2D eigenvalue weighted by molar-refractivity contribution is 0.390. The summed E-state index contributed by atoms with van der Waals surface area (Å²) in [6.07, 6.45) is 9.75. The van der Waals surface area contributed by atoms with Gasteiger partial charge in [0.1, 0.15) is 5.69 Å². The highest BCUT2D eigenvalue weighted by atomic mass is 15.4. The maximum atomic E-state index is 4.41. The Bertz CT molecular complexity index is 522. The first kappa shape index (κ1) is 13.3. The summed E-state index contributed by atoms with van der Waals surface area (Å²) in [5.41, 5.74) is 7.60. The smallest absolute Gasteiger partial charge is 0.158 e. The largest absolute Gasteiger partial charge is 0.342 e. The van der Waals surface area contributed by atoms with Crippen LogP contribution in [0.2, 0.25) is 0 Å². The second-order valence-electron chi connectivity index (χ2n) is 5.58. The van der Waals surface area contributed by atoms with E-state index in [1.54, 1.807) is 6.33 Å². The third-order valence-electron chi connectivity index (χ3n) is 4.21. The first-order valence-electron chi connectivity index (χ1n) is 7.26. The van der Waals surface area contributed by atoms with Gasteiger partial charge in [-0.1, -0.05) is 0 Å². The molecule has 1 saturated heterocycles.